The number of unbranched alkanes of at least 4 members (excludes halogenated alkanes) is 15. The molecule has 0 aromatic rings. The van der Waals surface area contributed by atoms with Gasteiger partial charge in [-0.1, -0.05) is 163 Å². The summed E-state index contributed by atoms with van der Waals surface area (Å²) in [5.41, 5.74) is 0. The first-order valence-corrected chi connectivity index (χ1v) is 16.4. The van der Waals surface area contributed by atoms with Crippen LogP contribution in [0.15, 0.2) is 0 Å². The van der Waals surface area contributed by atoms with Crippen molar-refractivity contribution >= 4 is 5.91 Å². The molecule has 1 amide bonds. The number of carbonyl (C=O) groups is 1. The van der Waals surface area contributed by atoms with Crippen LogP contribution in [0.2, 0.25) is 0 Å². The summed E-state index contributed by atoms with van der Waals surface area (Å²) in [4.78, 5) is 12.4. The molecule has 0 aliphatic carbocycles. The van der Waals surface area contributed by atoms with Crippen LogP contribution in [0.4, 0.5) is 0 Å². The van der Waals surface area contributed by atoms with E-state index in [9.17, 15) is 4.79 Å². The second-order valence-corrected chi connectivity index (χ2v) is 11.5. The summed E-state index contributed by atoms with van der Waals surface area (Å²) in [6.07, 6.45) is 33.4. The second kappa shape index (κ2) is 28.0. The molecule has 0 radical (unpaired) electrons. The summed E-state index contributed by atoms with van der Waals surface area (Å²) < 4.78 is 0. The number of carbonyl (C=O) groups excluding carboxylic acids is 1. The molecule has 0 aromatic heterocycles. The third-order valence-corrected chi connectivity index (χ3v) is 8.04. The highest BCUT2D eigenvalue weighted by Crippen LogP contribution is 2.22. The first-order chi connectivity index (χ1) is 17.2. The van der Waals surface area contributed by atoms with E-state index in [-0.39, 0.29) is 0 Å². The summed E-state index contributed by atoms with van der Waals surface area (Å²) in [5.74, 6) is 1.74. The molecule has 0 rings (SSSR count). The number of rotatable bonds is 28. The number of hydrogen-bond donors (Lipinski definition) is 1. The number of hydrogen-bond acceptors (Lipinski definition) is 1. The van der Waals surface area contributed by atoms with Gasteiger partial charge >= 0.3 is 0 Å². The molecular formula is C33H67NO. The molecule has 1 N–H and O–H groups in total. The standard InChI is InChI=1S/C33H67NO/c1-5-9-11-13-14-15-16-17-18-19-20-21-23-26-31(8-4)30-33(35)34-29-24-28-32(25-7-3)27-22-12-10-6-2/h31-32H,5-30H2,1-4H3,(H,34,35). The first kappa shape index (κ1) is 34.5. The van der Waals surface area contributed by atoms with Crippen molar-refractivity contribution in [3.05, 3.63) is 0 Å². The Hall–Kier alpha value is -0.530. The normalized spacial score (nSPS) is 13.1. The topological polar surface area (TPSA) is 29.1 Å². The molecule has 2 heteroatoms. The molecule has 0 fully saturated rings. The molecule has 0 spiro atoms. The molecule has 2 atom stereocenters. The molecule has 2 unspecified atom stereocenters. The lowest BCUT2D eigenvalue weighted by molar-refractivity contribution is -0.122. The Balaban J connectivity index is 3.67. The fourth-order valence-corrected chi connectivity index (χ4v) is 5.56. The van der Waals surface area contributed by atoms with Gasteiger partial charge in [-0.25, -0.2) is 0 Å². The summed E-state index contributed by atoms with van der Waals surface area (Å²) in [7, 11) is 0. The van der Waals surface area contributed by atoms with Crippen LogP contribution in [-0.4, -0.2) is 12.5 Å². The van der Waals surface area contributed by atoms with E-state index in [4.69, 9.17) is 0 Å². The predicted molar refractivity (Wildman–Crippen MR) is 158 cm³/mol. The van der Waals surface area contributed by atoms with Gasteiger partial charge in [0.1, 0.15) is 0 Å². The van der Waals surface area contributed by atoms with E-state index in [1.54, 1.807) is 0 Å². The summed E-state index contributed by atoms with van der Waals surface area (Å²) >= 11 is 0. The molecule has 0 aliphatic heterocycles. The summed E-state index contributed by atoms with van der Waals surface area (Å²) in [5, 5.41) is 3.23. The van der Waals surface area contributed by atoms with Crippen LogP contribution >= 0.6 is 0 Å². The van der Waals surface area contributed by atoms with Crippen molar-refractivity contribution in [1.82, 2.24) is 5.32 Å². The average molecular weight is 494 g/mol. The quantitative estimate of drug-likeness (QED) is 0.108. The molecular weight excluding hydrogens is 426 g/mol. The SMILES string of the molecule is CCCCCCCCCCCCCCCC(CC)CC(=O)NCCCC(CCC)CCCCCC. The maximum absolute atomic E-state index is 12.4. The molecule has 0 saturated carbocycles. The predicted octanol–water partition coefficient (Wildman–Crippen LogP) is 11.2. The number of amides is 1. The zero-order valence-electron chi connectivity index (χ0n) is 24.9. The van der Waals surface area contributed by atoms with E-state index in [0.717, 1.165) is 31.7 Å². The highest BCUT2D eigenvalue weighted by atomic mass is 16.1. The Morgan fingerprint density at radius 1 is 0.486 bits per heavy atom. The molecule has 35 heavy (non-hydrogen) atoms. The van der Waals surface area contributed by atoms with Crippen molar-refractivity contribution in [2.24, 2.45) is 11.8 Å². The molecule has 0 aliphatic rings. The van der Waals surface area contributed by atoms with E-state index < -0.39 is 0 Å². The van der Waals surface area contributed by atoms with E-state index in [2.05, 4.69) is 33.0 Å². The van der Waals surface area contributed by atoms with Gasteiger partial charge in [0.25, 0.3) is 0 Å². The van der Waals surface area contributed by atoms with Gasteiger partial charge in [-0.05, 0) is 31.1 Å². The molecule has 0 heterocycles. The highest BCUT2D eigenvalue weighted by molar-refractivity contribution is 5.76. The maximum atomic E-state index is 12.4. The van der Waals surface area contributed by atoms with Crippen molar-refractivity contribution < 1.29 is 4.79 Å². The molecule has 0 saturated heterocycles. The Kier molecular flexibility index (Phi) is 27.6. The van der Waals surface area contributed by atoms with Crippen molar-refractivity contribution in [2.75, 3.05) is 6.54 Å². The van der Waals surface area contributed by atoms with Gasteiger partial charge in [0.05, 0.1) is 0 Å². The largest absolute Gasteiger partial charge is 0.356 e. The van der Waals surface area contributed by atoms with Crippen LogP contribution in [0.25, 0.3) is 0 Å². The van der Waals surface area contributed by atoms with Crippen molar-refractivity contribution in [3.8, 4) is 0 Å². The van der Waals surface area contributed by atoms with Crippen LogP contribution < -0.4 is 5.32 Å². The van der Waals surface area contributed by atoms with Gasteiger partial charge in [-0.3, -0.25) is 4.79 Å². The van der Waals surface area contributed by atoms with Gasteiger partial charge in [0.15, 0.2) is 0 Å². The number of nitrogens with one attached hydrogen (secondary N) is 1. The van der Waals surface area contributed by atoms with Crippen LogP contribution in [0.3, 0.4) is 0 Å². The van der Waals surface area contributed by atoms with Gasteiger partial charge in [-0.15, -0.1) is 0 Å². The summed E-state index contributed by atoms with van der Waals surface area (Å²) in [6, 6.07) is 0. The van der Waals surface area contributed by atoms with Crippen LogP contribution in [0.5, 0.6) is 0 Å². The molecule has 2 nitrogen and oxygen atoms in total. The lowest BCUT2D eigenvalue weighted by Crippen LogP contribution is -2.26. The third kappa shape index (κ3) is 24.9. The highest BCUT2D eigenvalue weighted by Gasteiger charge is 2.12. The smallest absolute Gasteiger partial charge is 0.220 e. The van der Waals surface area contributed by atoms with Crippen LogP contribution in [0.1, 0.15) is 188 Å². The fourth-order valence-electron chi connectivity index (χ4n) is 5.56. The monoisotopic (exact) mass is 494 g/mol. The van der Waals surface area contributed by atoms with Gasteiger partial charge in [0.2, 0.25) is 5.91 Å². The van der Waals surface area contributed by atoms with Crippen molar-refractivity contribution in [2.45, 2.75) is 188 Å². The lowest BCUT2D eigenvalue weighted by atomic mass is 9.92. The van der Waals surface area contributed by atoms with E-state index >= 15 is 0 Å². The van der Waals surface area contributed by atoms with Gasteiger partial charge in [0, 0.05) is 13.0 Å². The minimum atomic E-state index is 0.293. The first-order valence-electron chi connectivity index (χ1n) is 16.4. The zero-order chi connectivity index (χ0) is 25.8. The van der Waals surface area contributed by atoms with Crippen LogP contribution in [-0.2, 0) is 4.79 Å². The Morgan fingerprint density at radius 2 is 0.914 bits per heavy atom. The maximum Gasteiger partial charge on any atom is 0.220 e. The summed E-state index contributed by atoms with van der Waals surface area (Å²) in [6.45, 7) is 10.0. The van der Waals surface area contributed by atoms with Gasteiger partial charge < -0.3 is 5.32 Å². The van der Waals surface area contributed by atoms with Crippen molar-refractivity contribution in [3.63, 3.8) is 0 Å². The Bertz CT molecular complexity index is 421. The fraction of sp³-hybridized carbons (Fsp3) is 0.970. The average Bonchev–Trinajstić information content (AvgIpc) is 2.86. The third-order valence-electron chi connectivity index (χ3n) is 8.04. The molecule has 0 bridgehead atoms. The lowest BCUT2D eigenvalue weighted by Gasteiger charge is -2.17. The minimum absolute atomic E-state index is 0.293. The van der Waals surface area contributed by atoms with Crippen LogP contribution in [0, 0.1) is 11.8 Å². The van der Waals surface area contributed by atoms with Crippen molar-refractivity contribution in [1.29, 1.82) is 0 Å². The zero-order valence-corrected chi connectivity index (χ0v) is 24.9. The molecule has 0 aromatic carbocycles. The second-order valence-electron chi connectivity index (χ2n) is 11.5. The van der Waals surface area contributed by atoms with E-state index in [0.29, 0.717) is 11.8 Å². The minimum Gasteiger partial charge on any atom is -0.356 e. The Morgan fingerprint density at radius 3 is 1.40 bits per heavy atom. The van der Waals surface area contributed by atoms with E-state index in [1.165, 1.54) is 141 Å². The van der Waals surface area contributed by atoms with E-state index in [1.807, 2.05) is 0 Å². The molecule has 210 valence electrons. The Labute approximate surface area is 222 Å². The van der Waals surface area contributed by atoms with Gasteiger partial charge in [-0.2, -0.15) is 0 Å².